The summed E-state index contributed by atoms with van der Waals surface area (Å²) < 4.78 is 5.19. The summed E-state index contributed by atoms with van der Waals surface area (Å²) in [5.74, 6) is 1.60. The first-order chi connectivity index (χ1) is 10.3. The Balaban J connectivity index is 1.54. The average molecular weight is 288 g/mol. The van der Waals surface area contributed by atoms with Crippen molar-refractivity contribution in [2.75, 3.05) is 13.7 Å². The van der Waals surface area contributed by atoms with Crippen LogP contribution in [0.1, 0.15) is 43.7 Å². The van der Waals surface area contributed by atoms with Crippen LogP contribution < -0.4 is 15.4 Å². The van der Waals surface area contributed by atoms with Gasteiger partial charge in [0.25, 0.3) is 0 Å². The van der Waals surface area contributed by atoms with E-state index < -0.39 is 0 Å². The molecule has 1 amide bonds. The van der Waals surface area contributed by atoms with Crippen LogP contribution in [0.15, 0.2) is 24.3 Å². The van der Waals surface area contributed by atoms with Crippen LogP contribution in [0.4, 0.5) is 0 Å². The van der Waals surface area contributed by atoms with Gasteiger partial charge in [-0.15, -0.1) is 0 Å². The summed E-state index contributed by atoms with van der Waals surface area (Å²) in [6.07, 6.45) is 5.50. The number of nitrogens with one attached hydrogen (secondary N) is 2. The number of carbonyl (C=O) groups excluding carboxylic acids is 1. The first-order valence-electron chi connectivity index (χ1n) is 7.93. The Bertz CT molecular complexity index is 478. The fourth-order valence-electron chi connectivity index (χ4n) is 2.64. The van der Waals surface area contributed by atoms with Gasteiger partial charge in [0.2, 0.25) is 5.91 Å². The van der Waals surface area contributed by atoms with Gasteiger partial charge in [-0.25, -0.2) is 0 Å². The monoisotopic (exact) mass is 288 g/mol. The molecule has 1 unspecified atom stereocenters. The second-order valence-corrected chi connectivity index (χ2v) is 6.13. The lowest BCUT2D eigenvalue weighted by Crippen LogP contribution is -2.32. The van der Waals surface area contributed by atoms with Gasteiger partial charge in [-0.3, -0.25) is 4.79 Å². The molecule has 3 rings (SSSR count). The Morgan fingerprint density at radius 3 is 2.52 bits per heavy atom. The molecular weight excluding hydrogens is 264 g/mol. The van der Waals surface area contributed by atoms with Crippen molar-refractivity contribution in [3.63, 3.8) is 0 Å². The second-order valence-electron chi connectivity index (χ2n) is 6.13. The highest BCUT2D eigenvalue weighted by atomic mass is 16.5. The molecule has 2 fully saturated rings. The van der Waals surface area contributed by atoms with Crippen molar-refractivity contribution in [2.24, 2.45) is 5.92 Å². The molecule has 0 bridgehead atoms. The van der Waals surface area contributed by atoms with E-state index in [9.17, 15) is 4.79 Å². The van der Waals surface area contributed by atoms with Crippen molar-refractivity contribution in [3.8, 4) is 5.75 Å². The third-order valence-corrected chi connectivity index (χ3v) is 4.25. The van der Waals surface area contributed by atoms with Crippen molar-refractivity contribution < 1.29 is 9.53 Å². The molecule has 0 heterocycles. The van der Waals surface area contributed by atoms with Gasteiger partial charge in [0.1, 0.15) is 5.75 Å². The van der Waals surface area contributed by atoms with Crippen LogP contribution in [0.3, 0.4) is 0 Å². The SMILES string of the molecule is COc1ccc(C(NC(=O)CCNC2CC2)C2CC2)cc1. The lowest BCUT2D eigenvalue weighted by Gasteiger charge is -2.19. The third-order valence-electron chi connectivity index (χ3n) is 4.25. The van der Waals surface area contributed by atoms with Crippen LogP contribution in [0.5, 0.6) is 5.75 Å². The lowest BCUT2D eigenvalue weighted by atomic mass is 10.0. The van der Waals surface area contributed by atoms with Gasteiger partial charge < -0.3 is 15.4 Å². The molecule has 0 spiro atoms. The van der Waals surface area contributed by atoms with E-state index >= 15 is 0 Å². The molecule has 4 nitrogen and oxygen atoms in total. The second kappa shape index (κ2) is 6.48. The van der Waals surface area contributed by atoms with Crippen molar-refractivity contribution in [3.05, 3.63) is 29.8 Å². The molecule has 0 aromatic heterocycles. The number of carbonyl (C=O) groups is 1. The highest BCUT2D eigenvalue weighted by molar-refractivity contribution is 5.76. The van der Waals surface area contributed by atoms with Crippen LogP contribution in [0.25, 0.3) is 0 Å². The summed E-state index contributed by atoms with van der Waals surface area (Å²) >= 11 is 0. The van der Waals surface area contributed by atoms with Crippen LogP contribution >= 0.6 is 0 Å². The summed E-state index contributed by atoms with van der Waals surface area (Å²) in [4.78, 5) is 12.1. The summed E-state index contributed by atoms with van der Waals surface area (Å²) in [7, 11) is 1.67. The molecule has 21 heavy (non-hydrogen) atoms. The molecule has 1 aromatic rings. The van der Waals surface area contributed by atoms with Gasteiger partial charge in [0.05, 0.1) is 13.2 Å². The van der Waals surface area contributed by atoms with Crippen molar-refractivity contribution >= 4 is 5.91 Å². The molecule has 0 aliphatic heterocycles. The zero-order valence-corrected chi connectivity index (χ0v) is 12.6. The predicted octanol–water partition coefficient (Wildman–Crippen LogP) is 2.40. The topological polar surface area (TPSA) is 50.4 Å². The summed E-state index contributed by atoms with van der Waals surface area (Å²) in [5, 5.41) is 6.59. The Kier molecular flexibility index (Phi) is 4.44. The van der Waals surface area contributed by atoms with Crippen molar-refractivity contribution in [2.45, 2.75) is 44.2 Å². The normalized spacial score (nSPS) is 19.1. The van der Waals surface area contributed by atoms with Gasteiger partial charge >= 0.3 is 0 Å². The largest absolute Gasteiger partial charge is 0.497 e. The highest BCUT2D eigenvalue weighted by Gasteiger charge is 2.33. The minimum Gasteiger partial charge on any atom is -0.497 e. The average Bonchev–Trinajstić information content (AvgIpc) is 3.38. The van der Waals surface area contributed by atoms with Gasteiger partial charge in [0, 0.05) is 19.0 Å². The number of benzene rings is 1. The molecule has 4 heteroatoms. The van der Waals surface area contributed by atoms with E-state index in [2.05, 4.69) is 22.8 Å². The van der Waals surface area contributed by atoms with E-state index in [1.54, 1.807) is 7.11 Å². The Hall–Kier alpha value is -1.55. The fourth-order valence-corrected chi connectivity index (χ4v) is 2.64. The van der Waals surface area contributed by atoms with Crippen LogP contribution in [0, 0.1) is 5.92 Å². The fraction of sp³-hybridized carbons (Fsp3) is 0.588. The smallest absolute Gasteiger partial charge is 0.221 e. The molecule has 0 radical (unpaired) electrons. The Morgan fingerprint density at radius 1 is 1.24 bits per heavy atom. The quantitative estimate of drug-likeness (QED) is 0.772. The van der Waals surface area contributed by atoms with Gasteiger partial charge in [-0.05, 0) is 49.3 Å². The van der Waals surface area contributed by atoms with Gasteiger partial charge in [0.15, 0.2) is 0 Å². The van der Waals surface area contributed by atoms with Crippen LogP contribution in [0.2, 0.25) is 0 Å². The van der Waals surface area contributed by atoms with Crippen LogP contribution in [-0.4, -0.2) is 25.6 Å². The third kappa shape index (κ3) is 4.21. The standard InChI is InChI=1S/C17H24N2O2/c1-21-15-8-4-13(5-9-15)17(12-2-3-12)19-16(20)10-11-18-14-6-7-14/h4-5,8-9,12,14,17-18H,2-3,6-7,10-11H2,1H3,(H,19,20). The Morgan fingerprint density at radius 2 is 1.95 bits per heavy atom. The highest BCUT2D eigenvalue weighted by Crippen LogP contribution is 2.41. The zero-order valence-electron chi connectivity index (χ0n) is 12.6. The van der Waals surface area contributed by atoms with E-state index in [0.717, 1.165) is 12.3 Å². The van der Waals surface area contributed by atoms with Gasteiger partial charge in [-0.1, -0.05) is 12.1 Å². The number of hydrogen-bond acceptors (Lipinski definition) is 3. The molecule has 2 aliphatic carbocycles. The van der Waals surface area contributed by atoms with Crippen molar-refractivity contribution in [1.29, 1.82) is 0 Å². The minimum absolute atomic E-state index is 0.149. The minimum atomic E-state index is 0.149. The molecule has 0 saturated heterocycles. The number of amides is 1. The predicted molar refractivity (Wildman–Crippen MR) is 82.2 cm³/mol. The first kappa shape index (κ1) is 14.4. The Labute approximate surface area is 126 Å². The van der Waals surface area contributed by atoms with E-state index in [4.69, 9.17) is 4.74 Å². The molecule has 1 atom stereocenters. The molecule has 2 aliphatic rings. The molecule has 114 valence electrons. The number of ether oxygens (including phenoxy) is 1. The number of methoxy groups -OCH3 is 1. The molecule has 2 N–H and O–H groups in total. The maximum Gasteiger partial charge on any atom is 0.221 e. The van der Waals surface area contributed by atoms with E-state index in [-0.39, 0.29) is 11.9 Å². The van der Waals surface area contributed by atoms with Crippen LogP contribution in [-0.2, 0) is 4.79 Å². The van der Waals surface area contributed by atoms with E-state index in [1.165, 1.54) is 31.2 Å². The lowest BCUT2D eigenvalue weighted by molar-refractivity contribution is -0.121. The number of rotatable bonds is 8. The van der Waals surface area contributed by atoms with Crippen molar-refractivity contribution in [1.82, 2.24) is 10.6 Å². The summed E-state index contributed by atoms with van der Waals surface area (Å²) in [6.45, 7) is 0.788. The first-order valence-corrected chi connectivity index (χ1v) is 7.93. The molecular formula is C17H24N2O2. The molecule has 2 saturated carbocycles. The van der Waals surface area contributed by atoms with Gasteiger partial charge in [-0.2, -0.15) is 0 Å². The zero-order chi connectivity index (χ0) is 14.7. The maximum atomic E-state index is 12.1. The van der Waals surface area contributed by atoms with E-state index in [1.807, 2.05) is 12.1 Å². The number of hydrogen-bond donors (Lipinski definition) is 2. The summed E-state index contributed by atoms with van der Waals surface area (Å²) in [5.41, 5.74) is 1.18. The summed E-state index contributed by atoms with van der Waals surface area (Å²) in [6, 6.07) is 8.87. The molecule has 1 aromatic carbocycles. The van der Waals surface area contributed by atoms with E-state index in [0.29, 0.717) is 18.4 Å². The maximum absolute atomic E-state index is 12.1.